The summed E-state index contributed by atoms with van der Waals surface area (Å²) in [5, 5.41) is 0.0807. The van der Waals surface area contributed by atoms with E-state index in [1.807, 2.05) is 0 Å². The van der Waals surface area contributed by atoms with Crippen molar-refractivity contribution in [2.24, 2.45) is 0 Å². The maximum absolute atomic E-state index is 10.9. The molecule has 0 bridgehead atoms. The molecule has 0 rings (SSSR count). The summed E-state index contributed by atoms with van der Waals surface area (Å²) in [6, 6.07) is 0. The summed E-state index contributed by atoms with van der Waals surface area (Å²) in [5.74, 6) is -0.124. The summed E-state index contributed by atoms with van der Waals surface area (Å²) in [7, 11) is -0.184. The van der Waals surface area contributed by atoms with Crippen LogP contribution < -0.4 is 0 Å². The van der Waals surface area contributed by atoms with Crippen molar-refractivity contribution in [1.82, 2.24) is 0 Å². The van der Waals surface area contributed by atoms with E-state index in [2.05, 4.69) is 33.9 Å². The second-order valence-corrected chi connectivity index (χ2v) is 13.0. The molecular weight excluding hydrogens is 252 g/mol. The summed E-state index contributed by atoms with van der Waals surface area (Å²) in [6.45, 7) is 12.3. The molecule has 0 aliphatic carbocycles. The van der Waals surface area contributed by atoms with Gasteiger partial charge in [-0.3, -0.25) is 0 Å². The van der Waals surface area contributed by atoms with Crippen LogP contribution in [0.4, 0.5) is 0 Å². The second kappa shape index (κ2) is 4.73. The van der Waals surface area contributed by atoms with E-state index in [4.69, 9.17) is 15.1 Å². The van der Waals surface area contributed by atoms with Gasteiger partial charge >= 0.3 is 0 Å². The number of halogens is 1. The third kappa shape index (κ3) is 5.90. The Morgan fingerprint density at radius 1 is 1.33 bits per heavy atom. The molecule has 0 aromatic rings. The van der Waals surface area contributed by atoms with E-state index in [-0.39, 0.29) is 16.9 Å². The lowest BCUT2D eigenvalue weighted by atomic mass is 10.2. The van der Waals surface area contributed by atoms with Crippen LogP contribution in [0.5, 0.6) is 0 Å². The smallest absolute Gasteiger partial charge is 0.235 e. The van der Waals surface area contributed by atoms with Crippen LogP contribution in [0.2, 0.25) is 18.1 Å². The maximum Gasteiger partial charge on any atom is 0.235 e. The van der Waals surface area contributed by atoms with Crippen LogP contribution in [0.1, 0.15) is 27.7 Å². The molecule has 1 atom stereocenters. The van der Waals surface area contributed by atoms with Crippen molar-refractivity contribution in [3.63, 3.8) is 0 Å². The lowest BCUT2D eigenvalue weighted by Gasteiger charge is -2.38. The van der Waals surface area contributed by atoms with Crippen molar-refractivity contribution in [2.75, 3.05) is 5.75 Å². The molecule has 92 valence electrons. The normalized spacial score (nSPS) is 16.5. The van der Waals surface area contributed by atoms with Gasteiger partial charge in [-0.2, -0.15) is 0 Å². The van der Waals surface area contributed by atoms with Crippen LogP contribution >= 0.6 is 10.7 Å². The summed E-state index contributed by atoms with van der Waals surface area (Å²) in [4.78, 5) is 0. The van der Waals surface area contributed by atoms with Crippen molar-refractivity contribution < 1.29 is 12.8 Å². The van der Waals surface area contributed by atoms with Crippen molar-refractivity contribution in [3.05, 3.63) is 0 Å². The molecule has 0 saturated heterocycles. The van der Waals surface area contributed by atoms with Gasteiger partial charge in [0, 0.05) is 10.7 Å². The van der Waals surface area contributed by atoms with Crippen molar-refractivity contribution in [3.8, 4) is 0 Å². The van der Waals surface area contributed by atoms with Crippen LogP contribution in [0.15, 0.2) is 0 Å². The standard InChI is InChI=1S/C9H21ClO3SSi/c1-8(7-14(10,11)12)13-15(5,6)9(2,3)4/h8H,7H2,1-6H3/t8-/m1/s1. The van der Waals surface area contributed by atoms with Gasteiger partial charge in [-0.25, -0.2) is 8.42 Å². The Morgan fingerprint density at radius 3 is 2.00 bits per heavy atom. The minimum absolute atomic E-state index is 0.0807. The van der Waals surface area contributed by atoms with Crippen molar-refractivity contribution in [2.45, 2.75) is 51.9 Å². The Bertz CT molecular complexity index is 306. The predicted molar refractivity (Wildman–Crippen MR) is 67.4 cm³/mol. The molecule has 0 aromatic heterocycles. The maximum atomic E-state index is 10.9. The predicted octanol–water partition coefficient (Wildman–Crippen LogP) is 2.97. The molecule has 0 spiro atoms. The lowest BCUT2D eigenvalue weighted by Crippen LogP contribution is -2.44. The summed E-state index contributed by atoms with van der Waals surface area (Å²) in [6.07, 6.45) is -0.339. The Kier molecular flexibility index (Phi) is 4.86. The highest BCUT2D eigenvalue weighted by molar-refractivity contribution is 8.13. The lowest BCUT2D eigenvalue weighted by molar-refractivity contribution is 0.220. The van der Waals surface area contributed by atoms with Crippen molar-refractivity contribution in [1.29, 1.82) is 0 Å². The van der Waals surface area contributed by atoms with Gasteiger partial charge in [-0.15, -0.1) is 0 Å². The van der Waals surface area contributed by atoms with Gasteiger partial charge in [0.25, 0.3) is 0 Å². The average Bonchev–Trinajstić information content (AvgIpc) is 1.75. The molecular formula is C9H21ClO3SSi. The zero-order valence-electron chi connectivity index (χ0n) is 10.3. The Balaban J connectivity index is 4.49. The Morgan fingerprint density at radius 2 is 1.73 bits per heavy atom. The molecule has 6 heteroatoms. The third-order valence-corrected chi connectivity index (χ3v) is 8.59. The zero-order valence-corrected chi connectivity index (χ0v) is 12.9. The zero-order chi connectivity index (χ0) is 12.5. The molecule has 0 fully saturated rings. The van der Waals surface area contributed by atoms with Crippen LogP contribution in [-0.2, 0) is 13.5 Å². The van der Waals surface area contributed by atoms with Gasteiger partial charge in [0.15, 0.2) is 8.32 Å². The Hall–Kier alpha value is 0.417. The summed E-state index contributed by atoms with van der Waals surface area (Å²) < 4.78 is 27.6. The minimum Gasteiger partial charge on any atom is -0.413 e. The van der Waals surface area contributed by atoms with E-state index in [1.165, 1.54) is 0 Å². The van der Waals surface area contributed by atoms with Crippen LogP contribution in [-0.4, -0.2) is 28.6 Å². The molecule has 0 aliphatic rings. The summed E-state index contributed by atoms with van der Waals surface area (Å²) in [5.41, 5.74) is 0. The second-order valence-electron chi connectivity index (χ2n) is 5.39. The van der Waals surface area contributed by atoms with Gasteiger partial charge in [0.2, 0.25) is 9.05 Å². The topological polar surface area (TPSA) is 43.4 Å². The molecule has 0 saturated carbocycles. The molecule has 15 heavy (non-hydrogen) atoms. The van der Waals surface area contributed by atoms with Crippen LogP contribution in [0.25, 0.3) is 0 Å². The third-order valence-electron chi connectivity index (χ3n) is 2.74. The number of hydrogen-bond donors (Lipinski definition) is 0. The molecule has 3 nitrogen and oxygen atoms in total. The average molecular weight is 273 g/mol. The fourth-order valence-corrected chi connectivity index (χ4v) is 3.72. The van der Waals surface area contributed by atoms with Gasteiger partial charge < -0.3 is 4.43 Å². The van der Waals surface area contributed by atoms with E-state index < -0.39 is 17.4 Å². The first kappa shape index (κ1) is 15.4. The molecule has 0 aliphatic heterocycles. The minimum atomic E-state index is -3.47. The highest BCUT2D eigenvalue weighted by Gasteiger charge is 2.38. The van der Waals surface area contributed by atoms with E-state index >= 15 is 0 Å². The molecule has 0 heterocycles. The quantitative estimate of drug-likeness (QED) is 0.584. The first-order valence-corrected chi connectivity index (χ1v) is 10.3. The van der Waals surface area contributed by atoms with Crippen LogP contribution in [0.3, 0.4) is 0 Å². The SMILES string of the molecule is C[C@H](CS(=O)(=O)Cl)O[Si](C)(C)C(C)(C)C. The molecule has 0 amide bonds. The first-order valence-electron chi connectivity index (χ1n) is 4.95. The summed E-state index contributed by atoms with van der Waals surface area (Å²) >= 11 is 0. The number of hydrogen-bond acceptors (Lipinski definition) is 3. The molecule has 0 unspecified atom stereocenters. The Labute approximate surface area is 98.7 Å². The van der Waals surface area contributed by atoms with E-state index in [9.17, 15) is 8.42 Å². The van der Waals surface area contributed by atoms with Gasteiger partial charge in [0.1, 0.15) is 0 Å². The number of rotatable bonds is 4. The van der Waals surface area contributed by atoms with Gasteiger partial charge in [-0.05, 0) is 25.1 Å². The fraction of sp³-hybridized carbons (Fsp3) is 1.00. The fourth-order valence-electron chi connectivity index (χ4n) is 0.994. The highest BCUT2D eigenvalue weighted by atomic mass is 35.7. The van der Waals surface area contributed by atoms with Crippen molar-refractivity contribution >= 4 is 28.1 Å². The van der Waals surface area contributed by atoms with E-state index in [1.54, 1.807) is 6.92 Å². The molecule has 0 radical (unpaired) electrons. The van der Waals surface area contributed by atoms with Crippen LogP contribution in [0, 0.1) is 0 Å². The highest BCUT2D eigenvalue weighted by Crippen LogP contribution is 2.37. The largest absolute Gasteiger partial charge is 0.413 e. The van der Waals surface area contributed by atoms with E-state index in [0.29, 0.717) is 0 Å². The molecule has 0 aromatic carbocycles. The van der Waals surface area contributed by atoms with Gasteiger partial charge in [-0.1, -0.05) is 20.8 Å². The molecule has 0 N–H and O–H groups in total. The van der Waals surface area contributed by atoms with E-state index in [0.717, 1.165) is 0 Å². The van der Waals surface area contributed by atoms with Gasteiger partial charge in [0.05, 0.1) is 11.9 Å². The first-order chi connectivity index (χ1) is 6.35. The monoisotopic (exact) mass is 272 g/mol.